The number of nitrogens with one attached hydrogen (secondary N) is 2. The van der Waals surface area contributed by atoms with Crippen molar-refractivity contribution >= 4 is 22.0 Å². The Bertz CT molecular complexity index is 408. The first-order valence-electron chi connectivity index (χ1n) is 5.94. The fourth-order valence-electron chi connectivity index (χ4n) is 1.48. The molecule has 1 aromatic carbocycles. The highest BCUT2D eigenvalue weighted by Crippen LogP contribution is 2.20. The van der Waals surface area contributed by atoms with Crippen LogP contribution in [-0.2, 0) is 6.54 Å². The molecule has 0 radical (unpaired) electrons. The molecule has 1 aromatic rings. The van der Waals surface area contributed by atoms with Crippen LogP contribution in [0.3, 0.4) is 0 Å². The molecule has 3 N–H and O–H groups in total. The number of halogens is 1. The van der Waals surface area contributed by atoms with Crippen molar-refractivity contribution in [1.82, 2.24) is 10.6 Å². The van der Waals surface area contributed by atoms with Crippen molar-refractivity contribution in [2.75, 3.05) is 6.54 Å². The summed E-state index contributed by atoms with van der Waals surface area (Å²) in [5.74, 6) is 0. The Kier molecular flexibility index (Phi) is 6.15. The molecule has 0 aromatic heterocycles. The molecular weight excluding hydrogens is 296 g/mol. The minimum absolute atomic E-state index is 0.218. The van der Waals surface area contributed by atoms with Gasteiger partial charge in [-0.2, -0.15) is 0 Å². The van der Waals surface area contributed by atoms with Gasteiger partial charge in [-0.25, -0.2) is 4.79 Å². The van der Waals surface area contributed by atoms with Crippen molar-refractivity contribution in [2.24, 2.45) is 0 Å². The first-order valence-corrected chi connectivity index (χ1v) is 6.73. The maximum atomic E-state index is 11.5. The first kappa shape index (κ1) is 15.0. The van der Waals surface area contributed by atoms with E-state index < -0.39 is 6.10 Å². The lowest BCUT2D eigenvalue weighted by atomic mass is 10.1. The highest BCUT2D eigenvalue weighted by Gasteiger charge is 2.05. The second-order valence-electron chi connectivity index (χ2n) is 4.30. The molecule has 0 aliphatic heterocycles. The second kappa shape index (κ2) is 7.38. The fraction of sp³-hybridized carbons (Fsp3) is 0.462. The third kappa shape index (κ3) is 5.06. The zero-order chi connectivity index (χ0) is 13.5. The minimum Gasteiger partial charge on any atom is -0.393 e. The van der Waals surface area contributed by atoms with Crippen LogP contribution in [0.15, 0.2) is 22.7 Å². The lowest BCUT2D eigenvalue weighted by Crippen LogP contribution is -2.36. The fourth-order valence-corrected chi connectivity index (χ4v) is 1.88. The Hall–Kier alpha value is -1.07. The molecule has 18 heavy (non-hydrogen) atoms. The maximum absolute atomic E-state index is 11.5. The van der Waals surface area contributed by atoms with Crippen LogP contribution in [0, 0.1) is 6.92 Å². The molecule has 1 rings (SSSR count). The van der Waals surface area contributed by atoms with Crippen molar-refractivity contribution in [3.8, 4) is 0 Å². The van der Waals surface area contributed by atoms with Crippen LogP contribution < -0.4 is 10.6 Å². The zero-order valence-corrected chi connectivity index (χ0v) is 12.3. The summed E-state index contributed by atoms with van der Waals surface area (Å²) >= 11 is 3.50. The lowest BCUT2D eigenvalue weighted by molar-refractivity contribution is 0.183. The number of carbonyl (C=O) groups is 1. The molecule has 1 atom stereocenters. The largest absolute Gasteiger partial charge is 0.393 e. The molecule has 0 aliphatic rings. The molecule has 0 saturated heterocycles. The molecule has 0 unspecified atom stereocenters. The number of benzene rings is 1. The van der Waals surface area contributed by atoms with E-state index in [1.807, 2.05) is 25.1 Å². The van der Waals surface area contributed by atoms with Crippen molar-refractivity contribution in [2.45, 2.75) is 32.9 Å². The monoisotopic (exact) mass is 314 g/mol. The molecule has 0 aliphatic carbocycles. The summed E-state index contributed by atoms with van der Waals surface area (Å²) in [5, 5.41) is 14.5. The number of aryl methyl sites for hydroxylation is 1. The van der Waals surface area contributed by atoms with Crippen molar-refractivity contribution in [3.05, 3.63) is 33.8 Å². The van der Waals surface area contributed by atoms with Crippen LogP contribution in [-0.4, -0.2) is 23.8 Å². The number of carbonyl (C=O) groups excluding carboxylic acids is 1. The molecule has 4 nitrogen and oxygen atoms in total. The minimum atomic E-state index is -0.392. The average molecular weight is 315 g/mol. The van der Waals surface area contributed by atoms with Crippen LogP contribution >= 0.6 is 15.9 Å². The van der Waals surface area contributed by atoms with E-state index in [1.54, 1.807) is 6.92 Å². The topological polar surface area (TPSA) is 61.4 Å². The molecule has 0 fully saturated rings. The van der Waals surface area contributed by atoms with Crippen LogP contribution in [0.5, 0.6) is 0 Å². The Balaban J connectivity index is 2.36. The Morgan fingerprint density at radius 1 is 1.44 bits per heavy atom. The third-order valence-corrected chi connectivity index (χ3v) is 3.69. The zero-order valence-electron chi connectivity index (χ0n) is 10.7. The van der Waals surface area contributed by atoms with Gasteiger partial charge in [-0.1, -0.05) is 34.1 Å². The van der Waals surface area contributed by atoms with Gasteiger partial charge in [-0.3, -0.25) is 0 Å². The number of hydrogen-bond donors (Lipinski definition) is 3. The summed E-state index contributed by atoms with van der Waals surface area (Å²) in [6.45, 7) is 4.65. The number of hydrogen-bond acceptors (Lipinski definition) is 2. The van der Waals surface area contributed by atoms with Crippen LogP contribution in [0.2, 0.25) is 0 Å². The third-order valence-electron chi connectivity index (χ3n) is 2.56. The molecule has 100 valence electrons. The Morgan fingerprint density at radius 3 is 2.83 bits per heavy atom. The number of urea groups is 1. The van der Waals surface area contributed by atoms with E-state index in [0.717, 1.165) is 15.6 Å². The van der Waals surface area contributed by atoms with Crippen molar-refractivity contribution < 1.29 is 9.90 Å². The summed E-state index contributed by atoms with van der Waals surface area (Å²) in [4.78, 5) is 11.5. The predicted molar refractivity (Wildman–Crippen MR) is 75.4 cm³/mol. The van der Waals surface area contributed by atoms with Gasteiger partial charge in [0.2, 0.25) is 0 Å². The highest BCUT2D eigenvalue weighted by atomic mass is 79.9. The van der Waals surface area contributed by atoms with Gasteiger partial charge in [-0.15, -0.1) is 0 Å². The van der Waals surface area contributed by atoms with Gasteiger partial charge < -0.3 is 15.7 Å². The van der Waals surface area contributed by atoms with Crippen LogP contribution in [0.4, 0.5) is 4.79 Å². The predicted octanol–water partition coefficient (Wildman–Crippen LogP) is 2.33. The second-order valence-corrected chi connectivity index (χ2v) is 5.09. The summed E-state index contributed by atoms with van der Waals surface area (Å²) < 4.78 is 1.02. The van der Waals surface area contributed by atoms with Gasteiger partial charge in [0, 0.05) is 17.6 Å². The Labute approximate surface area is 116 Å². The lowest BCUT2D eigenvalue weighted by Gasteiger charge is -2.10. The molecular formula is C13H19BrN2O2. The average Bonchev–Trinajstić information content (AvgIpc) is 2.30. The van der Waals surface area contributed by atoms with E-state index in [0.29, 0.717) is 19.5 Å². The van der Waals surface area contributed by atoms with E-state index in [2.05, 4.69) is 26.6 Å². The molecule has 2 amide bonds. The Morgan fingerprint density at radius 2 is 2.17 bits per heavy atom. The van der Waals surface area contributed by atoms with Crippen LogP contribution in [0.1, 0.15) is 24.5 Å². The number of aliphatic hydroxyl groups excluding tert-OH is 1. The molecule has 5 heteroatoms. The van der Waals surface area contributed by atoms with Crippen molar-refractivity contribution in [3.63, 3.8) is 0 Å². The number of rotatable bonds is 5. The smallest absolute Gasteiger partial charge is 0.315 e. The van der Waals surface area contributed by atoms with E-state index in [4.69, 9.17) is 5.11 Å². The highest BCUT2D eigenvalue weighted by molar-refractivity contribution is 9.10. The van der Waals surface area contributed by atoms with Gasteiger partial charge >= 0.3 is 6.03 Å². The van der Waals surface area contributed by atoms with Gasteiger partial charge in [0.1, 0.15) is 0 Å². The number of aliphatic hydroxyl groups is 1. The molecule has 0 spiro atoms. The van der Waals surface area contributed by atoms with Gasteiger partial charge in [0.05, 0.1) is 6.10 Å². The van der Waals surface area contributed by atoms with E-state index in [1.165, 1.54) is 0 Å². The SMILES string of the molecule is Cc1cccc(CNC(=O)NCC[C@@H](C)O)c1Br. The van der Waals surface area contributed by atoms with Gasteiger partial charge in [-0.05, 0) is 31.4 Å². The normalized spacial score (nSPS) is 12.0. The summed E-state index contributed by atoms with van der Waals surface area (Å²) in [7, 11) is 0. The first-order chi connectivity index (χ1) is 8.50. The molecule has 0 bridgehead atoms. The quantitative estimate of drug-likeness (QED) is 0.781. The van der Waals surface area contributed by atoms with E-state index in [-0.39, 0.29) is 6.03 Å². The molecule has 0 saturated carbocycles. The maximum Gasteiger partial charge on any atom is 0.315 e. The van der Waals surface area contributed by atoms with Crippen molar-refractivity contribution in [1.29, 1.82) is 0 Å². The van der Waals surface area contributed by atoms with E-state index in [9.17, 15) is 4.79 Å². The summed E-state index contributed by atoms with van der Waals surface area (Å²) in [5.41, 5.74) is 2.18. The van der Waals surface area contributed by atoms with Gasteiger partial charge in [0.25, 0.3) is 0 Å². The van der Waals surface area contributed by atoms with E-state index >= 15 is 0 Å². The number of amides is 2. The molecule has 0 heterocycles. The van der Waals surface area contributed by atoms with Gasteiger partial charge in [0.15, 0.2) is 0 Å². The summed E-state index contributed by atoms with van der Waals surface area (Å²) in [6.07, 6.45) is 0.165. The van der Waals surface area contributed by atoms with Crippen LogP contribution in [0.25, 0.3) is 0 Å². The summed E-state index contributed by atoms with van der Waals surface area (Å²) in [6, 6.07) is 5.72. The standard InChI is InChI=1S/C13H19BrN2O2/c1-9-4-3-5-11(12(9)14)8-16-13(18)15-7-6-10(2)17/h3-5,10,17H,6-8H2,1-2H3,(H2,15,16,18)/t10-/m1/s1.